The van der Waals surface area contributed by atoms with Gasteiger partial charge in [-0.05, 0) is 67.4 Å². The van der Waals surface area contributed by atoms with Gasteiger partial charge in [-0.1, -0.05) is 12.1 Å². The number of nitrogens with zero attached hydrogens (tertiary/aromatic N) is 3. The topological polar surface area (TPSA) is 86.3 Å². The predicted octanol–water partition coefficient (Wildman–Crippen LogP) is 5.62. The van der Waals surface area contributed by atoms with Crippen LogP contribution in [0.2, 0.25) is 0 Å². The number of ether oxygens (including phenoxy) is 1. The van der Waals surface area contributed by atoms with E-state index >= 15 is 0 Å². The van der Waals surface area contributed by atoms with Gasteiger partial charge < -0.3 is 25.0 Å². The number of aromatic hydroxyl groups is 1. The van der Waals surface area contributed by atoms with Crippen molar-refractivity contribution in [2.75, 3.05) is 29.9 Å². The van der Waals surface area contributed by atoms with Gasteiger partial charge in [-0.2, -0.15) is 0 Å². The van der Waals surface area contributed by atoms with Gasteiger partial charge in [-0.3, -0.25) is 4.98 Å². The summed E-state index contributed by atoms with van der Waals surface area (Å²) in [7, 11) is 0. The number of H-pyrrole nitrogens is 1. The average Bonchev–Trinajstić information content (AvgIpc) is 3.12. The van der Waals surface area contributed by atoms with Crippen LogP contribution in [0.25, 0.3) is 33.1 Å². The molecule has 0 fully saturated rings. The third kappa shape index (κ3) is 3.99. The van der Waals surface area contributed by atoms with Crippen LogP contribution >= 0.6 is 0 Å². The molecule has 1 aliphatic rings. The summed E-state index contributed by atoms with van der Waals surface area (Å²) in [5.74, 6) is 1.93. The number of phenolic OH excluding ortho intramolecular Hbond substituents is 1. The van der Waals surface area contributed by atoms with Gasteiger partial charge in [0.25, 0.3) is 0 Å². The lowest BCUT2D eigenvalue weighted by Crippen LogP contribution is -2.25. The quantitative estimate of drug-likeness (QED) is 0.319. The van der Waals surface area contributed by atoms with Crippen molar-refractivity contribution >= 4 is 33.6 Å². The van der Waals surface area contributed by atoms with Crippen LogP contribution in [-0.4, -0.2) is 39.8 Å². The summed E-state index contributed by atoms with van der Waals surface area (Å²) in [6, 6.07) is 20.2. The number of imidazole rings is 1. The maximum Gasteiger partial charge on any atom is 0.201 e. The van der Waals surface area contributed by atoms with Gasteiger partial charge in [0.05, 0.1) is 23.1 Å². The largest absolute Gasteiger partial charge is 0.508 e. The number of aryl methyl sites for hydroxylation is 1. The van der Waals surface area contributed by atoms with Crippen molar-refractivity contribution in [1.82, 2.24) is 15.0 Å². The van der Waals surface area contributed by atoms with E-state index in [4.69, 9.17) is 4.74 Å². The second-order valence-corrected chi connectivity index (χ2v) is 8.92. The van der Waals surface area contributed by atoms with Gasteiger partial charge in [-0.15, -0.1) is 0 Å². The average molecular weight is 466 g/mol. The first-order valence-corrected chi connectivity index (χ1v) is 11.9. The minimum atomic E-state index is 0.225. The highest BCUT2D eigenvalue weighted by molar-refractivity contribution is 5.93. The van der Waals surface area contributed by atoms with Crippen LogP contribution < -0.4 is 15.0 Å². The lowest BCUT2D eigenvalue weighted by molar-refractivity contribution is 0.332. The molecular formula is C28H27N5O2. The van der Waals surface area contributed by atoms with E-state index in [0.29, 0.717) is 6.61 Å². The normalized spacial score (nSPS) is 13.5. The first-order chi connectivity index (χ1) is 17.1. The zero-order valence-corrected chi connectivity index (χ0v) is 19.8. The number of anilines is 2. The Morgan fingerprint density at radius 1 is 1.00 bits per heavy atom. The smallest absolute Gasteiger partial charge is 0.201 e. The number of fused-ring (bicyclic) bond motifs is 3. The van der Waals surface area contributed by atoms with Crippen LogP contribution in [0.5, 0.6) is 11.5 Å². The summed E-state index contributed by atoms with van der Waals surface area (Å²) in [5.41, 5.74) is 8.17. The number of aromatic amines is 1. The predicted molar refractivity (Wildman–Crippen MR) is 140 cm³/mol. The molecule has 0 radical (unpaired) electrons. The van der Waals surface area contributed by atoms with Crippen LogP contribution in [0.4, 0.5) is 11.6 Å². The van der Waals surface area contributed by atoms with Crippen molar-refractivity contribution in [2.45, 2.75) is 20.4 Å². The summed E-state index contributed by atoms with van der Waals surface area (Å²) < 4.78 is 6.13. The molecule has 0 atom stereocenters. The molecule has 5 aromatic rings. The van der Waals surface area contributed by atoms with E-state index in [1.165, 1.54) is 0 Å². The van der Waals surface area contributed by atoms with Crippen molar-refractivity contribution in [1.29, 1.82) is 0 Å². The number of hydrogen-bond acceptors (Lipinski definition) is 6. The number of rotatable bonds is 4. The van der Waals surface area contributed by atoms with E-state index in [-0.39, 0.29) is 5.75 Å². The third-order valence-electron chi connectivity index (χ3n) is 6.44. The Kier molecular flexibility index (Phi) is 5.17. The Bertz CT molecular complexity index is 1550. The second kappa shape index (κ2) is 8.51. The summed E-state index contributed by atoms with van der Waals surface area (Å²) in [4.78, 5) is 14.9. The molecule has 0 bridgehead atoms. The van der Waals surface area contributed by atoms with Crippen molar-refractivity contribution in [3.8, 4) is 22.6 Å². The molecule has 176 valence electrons. The fourth-order valence-electron chi connectivity index (χ4n) is 4.81. The van der Waals surface area contributed by atoms with Crippen LogP contribution in [0.3, 0.4) is 0 Å². The summed E-state index contributed by atoms with van der Waals surface area (Å²) in [6.45, 7) is 6.94. The molecule has 0 spiro atoms. The molecule has 0 unspecified atom stereocenters. The molecule has 1 aliphatic heterocycles. The Morgan fingerprint density at radius 2 is 1.86 bits per heavy atom. The lowest BCUT2D eigenvalue weighted by atomic mass is 10.0. The molecule has 0 amide bonds. The van der Waals surface area contributed by atoms with E-state index in [0.717, 1.165) is 81.3 Å². The maximum absolute atomic E-state index is 9.95. The maximum atomic E-state index is 9.95. The number of pyridine rings is 1. The van der Waals surface area contributed by atoms with Gasteiger partial charge in [0.1, 0.15) is 18.1 Å². The molecule has 3 N–H and O–H groups in total. The van der Waals surface area contributed by atoms with Gasteiger partial charge >= 0.3 is 0 Å². The molecule has 3 heterocycles. The van der Waals surface area contributed by atoms with Gasteiger partial charge in [-0.25, -0.2) is 4.98 Å². The number of benzene rings is 3. The number of aromatic nitrogens is 3. The Morgan fingerprint density at radius 3 is 2.74 bits per heavy atom. The molecule has 7 nitrogen and oxygen atoms in total. The van der Waals surface area contributed by atoms with E-state index in [2.05, 4.69) is 74.6 Å². The van der Waals surface area contributed by atoms with Crippen LogP contribution in [0.1, 0.15) is 18.2 Å². The number of nitrogens with one attached hydrogen (secondary N) is 2. The standard InChI is InChI=1S/C28H27N5O2/c1-3-29-28-31-23-8-4-19(14-25(23)32-28)18-5-9-27-20(13-18)16-33(10-11-35-27)26-12-17(2)30-24-15-21(34)6-7-22(24)26/h4-9,12-15,34H,3,10-11,16H2,1-2H3,(H2,29,31,32). The van der Waals surface area contributed by atoms with Crippen LogP contribution in [0, 0.1) is 6.92 Å². The Hall–Kier alpha value is -4.26. The van der Waals surface area contributed by atoms with E-state index in [1.54, 1.807) is 12.1 Å². The molecule has 0 aliphatic carbocycles. The summed E-state index contributed by atoms with van der Waals surface area (Å²) in [5, 5.41) is 14.2. The Labute approximate surface area is 203 Å². The zero-order valence-electron chi connectivity index (χ0n) is 19.8. The molecule has 35 heavy (non-hydrogen) atoms. The first-order valence-electron chi connectivity index (χ1n) is 11.9. The van der Waals surface area contributed by atoms with Crippen molar-refractivity contribution < 1.29 is 9.84 Å². The highest BCUT2D eigenvalue weighted by Gasteiger charge is 2.19. The van der Waals surface area contributed by atoms with E-state index in [9.17, 15) is 5.11 Å². The highest BCUT2D eigenvalue weighted by Crippen LogP contribution is 2.35. The number of phenols is 1. The molecule has 0 saturated carbocycles. The monoisotopic (exact) mass is 465 g/mol. The van der Waals surface area contributed by atoms with Crippen molar-refractivity contribution in [3.63, 3.8) is 0 Å². The fourth-order valence-corrected chi connectivity index (χ4v) is 4.81. The first kappa shape index (κ1) is 21.3. The van der Waals surface area contributed by atoms with Crippen molar-refractivity contribution in [2.24, 2.45) is 0 Å². The summed E-state index contributed by atoms with van der Waals surface area (Å²) in [6.07, 6.45) is 0. The van der Waals surface area contributed by atoms with E-state index in [1.807, 2.05) is 13.0 Å². The zero-order chi connectivity index (χ0) is 23.9. The summed E-state index contributed by atoms with van der Waals surface area (Å²) >= 11 is 0. The number of hydrogen-bond donors (Lipinski definition) is 3. The highest BCUT2D eigenvalue weighted by atomic mass is 16.5. The fraction of sp³-hybridized carbons (Fsp3) is 0.214. The van der Waals surface area contributed by atoms with Crippen molar-refractivity contribution in [3.05, 3.63) is 71.9 Å². The minimum Gasteiger partial charge on any atom is -0.508 e. The SMILES string of the molecule is CCNc1nc2ccc(-c3ccc4c(c3)CN(c3cc(C)nc5cc(O)ccc35)CCO4)cc2[nH]1. The third-order valence-corrected chi connectivity index (χ3v) is 6.44. The van der Waals surface area contributed by atoms with E-state index < -0.39 is 0 Å². The van der Waals surface area contributed by atoms with Crippen LogP contribution in [-0.2, 0) is 6.54 Å². The minimum absolute atomic E-state index is 0.225. The van der Waals surface area contributed by atoms with Crippen LogP contribution in [0.15, 0.2) is 60.7 Å². The molecule has 3 aromatic carbocycles. The Balaban J connectivity index is 1.37. The lowest BCUT2D eigenvalue weighted by Gasteiger charge is -2.24. The van der Waals surface area contributed by atoms with Gasteiger partial charge in [0, 0.05) is 41.5 Å². The molecule has 7 heteroatoms. The molecule has 2 aromatic heterocycles. The second-order valence-electron chi connectivity index (χ2n) is 8.92. The molecular weight excluding hydrogens is 438 g/mol. The van der Waals surface area contributed by atoms with Gasteiger partial charge in [0.2, 0.25) is 5.95 Å². The molecule has 0 saturated heterocycles. The van der Waals surface area contributed by atoms with Gasteiger partial charge in [0.15, 0.2) is 0 Å². The molecule has 6 rings (SSSR count).